The van der Waals surface area contributed by atoms with Crippen molar-refractivity contribution >= 4 is 16.0 Å². The van der Waals surface area contributed by atoms with Crippen LogP contribution in [-0.2, 0) is 14.9 Å². The summed E-state index contributed by atoms with van der Waals surface area (Å²) in [4.78, 5) is 12.2. The maximum atomic E-state index is 12.2. The Kier molecular flexibility index (Phi) is 7.47. The van der Waals surface area contributed by atoms with Gasteiger partial charge in [-0.25, -0.2) is 0 Å². The Bertz CT molecular complexity index is 863. The number of nitrogens with one attached hydrogen (secondary N) is 1. The first-order valence-electron chi connectivity index (χ1n) is 13.4. The molecule has 4 aliphatic carbocycles. The first kappa shape index (κ1) is 26.4. The summed E-state index contributed by atoms with van der Waals surface area (Å²) >= 11 is 0. The summed E-state index contributed by atoms with van der Waals surface area (Å²) in [6.45, 7) is 6.86. The summed E-state index contributed by atoms with van der Waals surface area (Å²) in [5.41, 5.74) is 0.105. The highest BCUT2D eigenvalue weighted by Crippen LogP contribution is 2.68. The van der Waals surface area contributed by atoms with Gasteiger partial charge in [-0.15, -0.1) is 0 Å². The molecule has 0 aliphatic heterocycles. The molecule has 34 heavy (non-hydrogen) atoms. The predicted octanol–water partition coefficient (Wildman–Crippen LogP) is 3.40. The van der Waals surface area contributed by atoms with Crippen molar-refractivity contribution in [2.45, 2.75) is 97.2 Å². The van der Waals surface area contributed by atoms with Gasteiger partial charge in [-0.3, -0.25) is 9.35 Å². The molecule has 0 aromatic heterocycles. The van der Waals surface area contributed by atoms with Crippen molar-refractivity contribution in [3.8, 4) is 0 Å². The minimum atomic E-state index is -4.07. The van der Waals surface area contributed by atoms with E-state index in [2.05, 4.69) is 26.1 Å². The highest BCUT2D eigenvalue weighted by molar-refractivity contribution is 7.85. The highest BCUT2D eigenvalue weighted by Gasteiger charge is 2.63. The zero-order chi connectivity index (χ0) is 24.9. The fraction of sp³-hybridized carbons (Fsp3) is 0.962. The van der Waals surface area contributed by atoms with Crippen molar-refractivity contribution in [2.75, 3.05) is 12.3 Å². The van der Waals surface area contributed by atoms with E-state index in [0.29, 0.717) is 48.3 Å². The lowest BCUT2D eigenvalue weighted by Crippen LogP contribution is -2.58. The van der Waals surface area contributed by atoms with Gasteiger partial charge in [0.15, 0.2) is 0 Å². The first-order chi connectivity index (χ1) is 15.9. The zero-order valence-electron chi connectivity index (χ0n) is 21.1. The van der Waals surface area contributed by atoms with Gasteiger partial charge < -0.3 is 15.5 Å². The van der Waals surface area contributed by atoms with Crippen LogP contribution in [0.15, 0.2) is 0 Å². The largest absolute Gasteiger partial charge is 0.393 e. The van der Waals surface area contributed by atoms with Gasteiger partial charge in [0.25, 0.3) is 10.1 Å². The van der Waals surface area contributed by atoms with E-state index in [-0.39, 0.29) is 35.5 Å². The Hall–Kier alpha value is -0.700. The number of hydrogen-bond acceptors (Lipinski definition) is 5. The molecular weight excluding hydrogens is 454 g/mol. The number of fused-ring (bicyclic) bond motifs is 5. The van der Waals surface area contributed by atoms with Gasteiger partial charge in [-0.1, -0.05) is 20.8 Å². The predicted molar refractivity (Wildman–Crippen MR) is 130 cm³/mol. The van der Waals surface area contributed by atoms with Gasteiger partial charge in [-0.05, 0) is 104 Å². The molecule has 10 atom stereocenters. The molecule has 4 rings (SSSR count). The summed E-state index contributed by atoms with van der Waals surface area (Å²) in [6.07, 6.45) is 8.93. The second-order valence-corrected chi connectivity index (χ2v) is 14.1. The van der Waals surface area contributed by atoms with E-state index in [0.717, 1.165) is 38.5 Å². The van der Waals surface area contributed by atoms with Crippen molar-refractivity contribution in [2.24, 2.45) is 46.3 Å². The zero-order valence-corrected chi connectivity index (χ0v) is 21.9. The number of carbonyl (C=O) groups is 1. The van der Waals surface area contributed by atoms with Crippen molar-refractivity contribution in [1.29, 1.82) is 0 Å². The molecule has 0 saturated heterocycles. The van der Waals surface area contributed by atoms with Crippen LogP contribution in [0.25, 0.3) is 0 Å². The van der Waals surface area contributed by atoms with Crippen LogP contribution < -0.4 is 5.32 Å². The van der Waals surface area contributed by atoms with Gasteiger partial charge in [0.2, 0.25) is 5.91 Å². The second-order valence-electron chi connectivity index (χ2n) is 12.5. The number of aliphatic hydroxyl groups is 2. The second kappa shape index (κ2) is 9.64. The van der Waals surface area contributed by atoms with Crippen LogP contribution in [0.1, 0.15) is 85.0 Å². The Balaban J connectivity index is 1.40. The van der Waals surface area contributed by atoms with Crippen molar-refractivity contribution in [3.63, 3.8) is 0 Å². The lowest BCUT2D eigenvalue weighted by molar-refractivity contribution is -0.174. The number of carbonyl (C=O) groups excluding carboxylic acids is 1. The highest BCUT2D eigenvalue weighted by atomic mass is 32.2. The minimum absolute atomic E-state index is 0.0756. The smallest absolute Gasteiger partial charge is 0.266 e. The summed E-state index contributed by atoms with van der Waals surface area (Å²) in [5.74, 6) is 2.28. The number of hydrogen-bond donors (Lipinski definition) is 4. The van der Waals surface area contributed by atoms with Crippen LogP contribution in [0.5, 0.6) is 0 Å². The average molecular weight is 500 g/mol. The van der Waals surface area contributed by atoms with Crippen molar-refractivity contribution in [3.05, 3.63) is 0 Å². The topological polar surface area (TPSA) is 124 Å². The maximum Gasteiger partial charge on any atom is 0.266 e. The Labute approximate surface area is 205 Å². The van der Waals surface area contributed by atoms with E-state index in [1.54, 1.807) is 0 Å². The molecule has 196 valence electrons. The summed E-state index contributed by atoms with van der Waals surface area (Å²) in [7, 11) is -4.07. The molecule has 0 aromatic rings. The molecule has 1 amide bonds. The molecule has 8 heteroatoms. The Morgan fingerprint density at radius 2 is 1.79 bits per heavy atom. The summed E-state index contributed by atoms with van der Waals surface area (Å²) in [5, 5.41) is 24.5. The van der Waals surface area contributed by atoms with Gasteiger partial charge in [0.05, 0.1) is 18.0 Å². The van der Waals surface area contributed by atoms with Crippen molar-refractivity contribution < 1.29 is 28.0 Å². The normalized spacial score (nSPS) is 45.1. The third kappa shape index (κ3) is 4.81. The molecule has 0 aromatic carbocycles. The van der Waals surface area contributed by atoms with E-state index in [4.69, 9.17) is 4.55 Å². The number of rotatable bonds is 7. The van der Waals surface area contributed by atoms with E-state index in [9.17, 15) is 23.4 Å². The third-order valence-electron chi connectivity index (χ3n) is 11.0. The molecule has 0 bridgehead atoms. The van der Waals surface area contributed by atoms with Crippen LogP contribution in [-0.4, -0.2) is 53.6 Å². The fourth-order valence-electron chi connectivity index (χ4n) is 9.13. The Morgan fingerprint density at radius 3 is 2.50 bits per heavy atom. The van der Waals surface area contributed by atoms with E-state index >= 15 is 0 Å². The molecule has 4 aliphatic rings. The number of amides is 1. The molecule has 0 heterocycles. The SMILES string of the molecule is C[C@@H](CCC(=O)NCCS(=O)(=O)O)[C@H]1CC[C@@H]2[C@H]3CCC4C[C@H](O)CC[C@]4(C)[C@H]3C[C@H](O)[C@@]21C. The average Bonchev–Trinajstić information content (AvgIpc) is 3.11. The van der Waals surface area contributed by atoms with Gasteiger partial charge in [0, 0.05) is 13.0 Å². The summed E-state index contributed by atoms with van der Waals surface area (Å²) < 4.78 is 30.5. The standard InChI is InChI=1S/C26H45NO6S/c1-16(4-9-24(30)27-12-13-34(31,32)33)20-7-8-21-19-6-5-17-14-18(28)10-11-25(17,2)22(19)15-23(29)26(20,21)3/h16-23,28-29H,4-15H2,1-3H3,(H,27,30)(H,31,32,33)/t16-,17?,18+,19+,20+,21+,22-,23-,25-,26+/m0/s1. The monoisotopic (exact) mass is 499 g/mol. The molecule has 4 saturated carbocycles. The first-order valence-corrected chi connectivity index (χ1v) is 15.0. The number of aliphatic hydroxyl groups excluding tert-OH is 2. The molecule has 0 radical (unpaired) electrons. The lowest BCUT2D eigenvalue weighted by Gasteiger charge is -2.62. The summed E-state index contributed by atoms with van der Waals surface area (Å²) in [6, 6.07) is 0. The molecule has 0 spiro atoms. The van der Waals surface area contributed by atoms with Gasteiger partial charge >= 0.3 is 0 Å². The Morgan fingerprint density at radius 1 is 1.06 bits per heavy atom. The van der Waals surface area contributed by atoms with Gasteiger partial charge in [0.1, 0.15) is 0 Å². The van der Waals surface area contributed by atoms with Crippen LogP contribution in [0, 0.1) is 46.3 Å². The van der Waals surface area contributed by atoms with Crippen LogP contribution in [0.4, 0.5) is 0 Å². The molecule has 4 N–H and O–H groups in total. The van der Waals surface area contributed by atoms with Gasteiger partial charge in [-0.2, -0.15) is 8.42 Å². The van der Waals surface area contributed by atoms with E-state index in [1.165, 1.54) is 12.8 Å². The lowest BCUT2D eigenvalue weighted by atomic mass is 9.43. The maximum absolute atomic E-state index is 12.2. The van der Waals surface area contributed by atoms with E-state index < -0.39 is 15.9 Å². The third-order valence-corrected chi connectivity index (χ3v) is 11.7. The fourth-order valence-corrected chi connectivity index (χ4v) is 9.49. The van der Waals surface area contributed by atoms with Crippen LogP contribution in [0.3, 0.4) is 0 Å². The molecule has 7 nitrogen and oxygen atoms in total. The molecule has 1 unspecified atom stereocenters. The minimum Gasteiger partial charge on any atom is -0.393 e. The molecular formula is C26H45NO6S. The molecule has 4 fully saturated rings. The van der Waals surface area contributed by atoms with Crippen molar-refractivity contribution in [1.82, 2.24) is 5.32 Å². The van der Waals surface area contributed by atoms with Crippen LogP contribution in [0.2, 0.25) is 0 Å². The van der Waals surface area contributed by atoms with E-state index in [1.807, 2.05) is 0 Å². The van der Waals surface area contributed by atoms with Crippen LogP contribution >= 0.6 is 0 Å². The quantitative estimate of drug-likeness (QED) is 0.398.